The largest absolute Gasteiger partial charge is 0.443 e. The van der Waals surface area contributed by atoms with Crippen molar-refractivity contribution in [1.29, 1.82) is 0 Å². The molecule has 0 radical (unpaired) electrons. The van der Waals surface area contributed by atoms with Gasteiger partial charge in [-0.15, -0.1) is 0 Å². The Labute approximate surface area is 153 Å². The Morgan fingerprint density at radius 2 is 1.80 bits per heavy atom. The predicted molar refractivity (Wildman–Crippen MR) is 102 cm³/mol. The van der Waals surface area contributed by atoms with Crippen molar-refractivity contribution in [2.75, 3.05) is 0 Å². The molecule has 0 bridgehead atoms. The highest BCUT2D eigenvalue weighted by Gasteiger charge is 2.20. The van der Waals surface area contributed by atoms with Gasteiger partial charge in [0.05, 0.1) is 5.52 Å². The van der Waals surface area contributed by atoms with Crippen molar-refractivity contribution in [2.45, 2.75) is 39.2 Å². The third kappa shape index (κ3) is 4.23. The summed E-state index contributed by atoms with van der Waals surface area (Å²) >= 11 is 6.18. The molecule has 0 fully saturated rings. The van der Waals surface area contributed by atoms with E-state index in [1.807, 2.05) is 57.3 Å². The van der Waals surface area contributed by atoms with E-state index in [4.69, 9.17) is 16.3 Å². The zero-order valence-corrected chi connectivity index (χ0v) is 15.5. The van der Waals surface area contributed by atoms with Gasteiger partial charge < -0.3 is 4.74 Å². The number of halogens is 1. The van der Waals surface area contributed by atoms with Crippen molar-refractivity contribution in [3.8, 4) is 0 Å². The van der Waals surface area contributed by atoms with E-state index in [0.29, 0.717) is 5.02 Å². The van der Waals surface area contributed by atoms with Gasteiger partial charge in [0.1, 0.15) is 5.60 Å². The maximum Gasteiger partial charge on any atom is 0.419 e. The van der Waals surface area contributed by atoms with Crippen molar-refractivity contribution in [3.05, 3.63) is 70.9 Å². The minimum absolute atomic E-state index is 0.370. The Balaban J connectivity index is 1.95. The van der Waals surface area contributed by atoms with Gasteiger partial charge in [0.25, 0.3) is 0 Å². The Bertz CT molecular complexity index is 891. The number of rotatable bonds is 3. The van der Waals surface area contributed by atoms with Gasteiger partial charge in [-0.05, 0) is 62.9 Å². The number of aromatic nitrogens is 1. The summed E-state index contributed by atoms with van der Waals surface area (Å²) in [7, 11) is 0. The highest BCUT2D eigenvalue weighted by atomic mass is 35.5. The van der Waals surface area contributed by atoms with Gasteiger partial charge in [-0.2, -0.15) is 0 Å². The van der Waals surface area contributed by atoms with Crippen molar-refractivity contribution in [1.82, 2.24) is 4.57 Å². The zero-order chi connectivity index (χ0) is 18.0. The quantitative estimate of drug-likeness (QED) is 0.589. The van der Waals surface area contributed by atoms with Crippen LogP contribution in [0.5, 0.6) is 0 Å². The maximum atomic E-state index is 12.6. The van der Waals surface area contributed by atoms with E-state index in [1.54, 1.807) is 10.6 Å². The molecule has 25 heavy (non-hydrogen) atoms. The first-order valence-electron chi connectivity index (χ1n) is 8.40. The number of hydrogen-bond donors (Lipinski definition) is 0. The molecule has 0 spiro atoms. The van der Waals surface area contributed by atoms with Crippen molar-refractivity contribution < 1.29 is 9.53 Å². The normalized spacial score (nSPS) is 11.7. The number of benzene rings is 2. The number of ether oxygens (including phenoxy) is 1. The second-order valence-electron chi connectivity index (χ2n) is 7.15. The summed E-state index contributed by atoms with van der Waals surface area (Å²) in [4.78, 5) is 12.6. The molecule has 4 heteroatoms. The average molecular weight is 356 g/mol. The summed E-state index contributed by atoms with van der Waals surface area (Å²) in [6, 6.07) is 15.9. The van der Waals surface area contributed by atoms with Crippen LogP contribution in [0.25, 0.3) is 10.9 Å². The average Bonchev–Trinajstić information content (AvgIpc) is 2.90. The molecular weight excluding hydrogens is 334 g/mol. The fourth-order valence-corrected chi connectivity index (χ4v) is 3.03. The SMILES string of the molecule is CC(C)(C)OC(=O)n1cc(CCc2ccccc2)c2cc(Cl)ccc21. The molecule has 0 N–H and O–H groups in total. The third-order valence-corrected chi connectivity index (χ3v) is 4.20. The summed E-state index contributed by atoms with van der Waals surface area (Å²) in [6.45, 7) is 5.59. The molecule has 0 saturated carbocycles. The number of nitrogens with zero attached hydrogens (tertiary/aromatic N) is 1. The number of aryl methyl sites for hydroxylation is 2. The Morgan fingerprint density at radius 1 is 1.08 bits per heavy atom. The van der Waals surface area contributed by atoms with Gasteiger partial charge in [0.15, 0.2) is 0 Å². The van der Waals surface area contributed by atoms with Crippen LogP contribution in [0.4, 0.5) is 4.79 Å². The van der Waals surface area contributed by atoms with Crippen LogP contribution in [-0.4, -0.2) is 16.3 Å². The smallest absolute Gasteiger partial charge is 0.419 e. The van der Waals surface area contributed by atoms with E-state index in [2.05, 4.69) is 12.1 Å². The summed E-state index contributed by atoms with van der Waals surface area (Å²) in [5, 5.41) is 1.66. The standard InChI is InChI=1S/C21H22ClNO2/c1-21(2,3)25-20(24)23-14-16(10-9-15-7-5-4-6-8-15)18-13-17(22)11-12-19(18)23/h4-8,11-14H,9-10H2,1-3H3. The van der Waals surface area contributed by atoms with Crippen molar-refractivity contribution in [2.24, 2.45) is 0 Å². The lowest BCUT2D eigenvalue weighted by Gasteiger charge is -2.19. The monoisotopic (exact) mass is 355 g/mol. The topological polar surface area (TPSA) is 31.2 Å². The zero-order valence-electron chi connectivity index (χ0n) is 14.8. The van der Waals surface area contributed by atoms with E-state index in [9.17, 15) is 4.79 Å². The second-order valence-corrected chi connectivity index (χ2v) is 7.59. The molecule has 3 rings (SSSR count). The van der Waals surface area contributed by atoms with E-state index < -0.39 is 5.60 Å². The highest BCUT2D eigenvalue weighted by Crippen LogP contribution is 2.27. The predicted octanol–water partition coefficient (Wildman–Crippen LogP) is 5.86. The molecular formula is C21H22ClNO2. The first-order chi connectivity index (χ1) is 11.8. The van der Waals surface area contributed by atoms with E-state index in [0.717, 1.165) is 29.3 Å². The van der Waals surface area contributed by atoms with E-state index in [-0.39, 0.29) is 6.09 Å². The molecule has 2 aromatic carbocycles. The first kappa shape index (κ1) is 17.6. The summed E-state index contributed by atoms with van der Waals surface area (Å²) in [6.07, 6.45) is 3.24. The second kappa shape index (κ2) is 6.93. The van der Waals surface area contributed by atoms with Crippen LogP contribution < -0.4 is 0 Å². The Kier molecular flexibility index (Phi) is 4.87. The van der Waals surface area contributed by atoms with Crippen LogP contribution in [0.1, 0.15) is 31.9 Å². The molecule has 0 atom stereocenters. The molecule has 0 amide bonds. The van der Waals surface area contributed by atoms with Crippen molar-refractivity contribution in [3.63, 3.8) is 0 Å². The van der Waals surface area contributed by atoms with Crippen LogP contribution in [0.3, 0.4) is 0 Å². The van der Waals surface area contributed by atoms with Crippen LogP contribution in [0.2, 0.25) is 5.02 Å². The number of carbonyl (C=O) groups is 1. The molecule has 0 aliphatic carbocycles. The lowest BCUT2D eigenvalue weighted by atomic mass is 10.0. The summed E-state index contributed by atoms with van der Waals surface area (Å²) < 4.78 is 7.11. The Hall–Kier alpha value is -2.26. The van der Waals surface area contributed by atoms with Gasteiger partial charge in [-0.25, -0.2) is 4.79 Å². The molecule has 0 aliphatic heterocycles. The van der Waals surface area contributed by atoms with Crippen LogP contribution in [-0.2, 0) is 17.6 Å². The summed E-state index contributed by atoms with van der Waals surface area (Å²) in [5.41, 5.74) is 2.64. The fraction of sp³-hybridized carbons (Fsp3) is 0.286. The molecule has 1 aromatic heterocycles. The third-order valence-electron chi connectivity index (χ3n) is 3.97. The number of hydrogen-bond acceptors (Lipinski definition) is 2. The van der Waals surface area contributed by atoms with Gasteiger partial charge in [0.2, 0.25) is 0 Å². The lowest BCUT2D eigenvalue weighted by molar-refractivity contribution is 0.0544. The molecule has 1 heterocycles. The molecule has 0 aliphatic rings. The van der Waals surface area contributed by atoms with E-state index in [1.165, 1.54) is 5.56 Å². The number of fused-ring (bicyclic) bond motifs is 1. The molecule has 3 nitrogen and oxygen atoms in total. The lowest BCUT2D eigenvalue weighted by Crippen LogP contribution is -2.26. The first-order valence-corrected chi connectivity index (χ1v) is 8.78. The van der Waals surface area contributed by atoms with Gasteiger partial charge >= 0.3 is 6.09 Å². The minimum Gasteiger partial charge on any atom is -0.443 e. The minimum atomic E-state index is -0.537. The van der Waals surface area contributed by atoms with E-state index >= 15 is 0 Å². The van der Waals surface area contributed by atoms with Gasteiger partial charge in [0, 0.05) is 16.6 Å². The molecule has 130 valence electrons. The summed E-state index contributed by atoms with van der Waals surface area (Å²) in [5.74, 6) is 0. The van der Waals surface area contributed by atoms with Crippen LogP contribution in [0, 0.1) is 0 Å². The van der Waals surface area contributed by atoms with Crippen LogP contribution >= 0.6 is 11.6 Å². The molecule has 3 aromatic rings. The molecule has 0 unspecified atom stereocenters. The van der Waals surface area contributed by atoms with Gasteiger partial charge in [-0.3, -0.25) is 4.57 Å². The highest BCUT2D eigenvalue weighted by molar-refractivity contribution is 6.31. The van der Waals surface area contributed by atoms with Crippen LogP contribution in [0.15, 0.2) is 54.7 Å². The number of carbonyl (C=O) groups excluding carboxylic acids is 1. The maximum absolute atomic E-state index is 12.6. The molecule has 0 saturated heterocycles. The van der Waals surface area contributed by atoms with Crippen molar-refractivity contribution >= 4 is 28.6 Å². The Morgan fingerprint density at radius 3 is 2.48 bits per heavy atom. The van der Waals surface area contributed by atoms with Gasteiger partial charge in [-0.1, -0.05) is 41.9 Å². The fourth-order valence-electron chi connectivity index (χ4n) is 2.86.